The number of pyridine rings is 1. The molecule has 0 amide bonds. The fourth-order valence-electron chi connectivity index (χ4n) is 5.53. The second-order valence-electron chi connectivity index (χ2n) is 11.7. The van der Waals surface area contributed by atoms with Gasteiger partial charge in [-0.05, 0) is 60.3 Å². The van der Waals surface area contributed by atoms with Crippen LogP contribution < -0.4 is 0 Å². The number of hydrogen-bond donors (Lipinski definition) is 1. The van der Waals surface area contributed by atoms with Gasteiger partial charge in [0.15, 0.2) is 0 Å². The van der Waals surface area contributed by atoms with Crippen molar-refractivity contribution in [1.82, 2.24) is 9.55 Å². The second-order valence-corrected chi connectivity index (χ2v) is 11.7. The monoisotopic (exact) mass is 456 g/mol. The molecule has 3 aromatic rings. The first-order valence-electron chi connectivity index (χ1n) is 12.6. The molecule has 4 rings (SSSR count). The van der Waals surface area contributed by atoms with Crippen LogP contribution in [0.1, 0.15) is 84.8 Å². The number of aliphatic hydroxyl groups excluding tert-OH is 1. The number of fused-ring (bicyclic) bond motifs is 1. The Kier molecular flexibility index (Phi) is 6.50. The molecule has 0 bridgehead atoms. The number of allylic oxidation sites excluding steroid dienone is 3. The predicted octanol–water partition coefficient (Wildman–Crippen LogP) is 8.84. The Morgan fingerprint density at radius 1 is 1.09 bits per heavy atom. The summed E-state index contributed by atoms with van der Waals surface area (Å²) in [6.07, 6.45) is 10.7. The van der Waals surface area contributed by atoms with Crippen LogP contribution in [-0.2, 0) is 12.0 Å². The highest BCUT2D eigenvalue weighted by Crippen LogP contribution is 2.40. The summed E-state index contributed by atoms with van der Waals surface area (Å²) in [6.45, 7) is 17.9. The lowest BCUT2D eigenvalue weighted by Gasteiger charge is -2.34. The molecule has 1 aromatic carbocycles. The van der Waals surface area contributed by atoms with Crippen LogP contribution in [0.4, 0.5) is 0 Å². The van der Waals surface area contributed by atoms with Crippen LogP contribution in [0.15, 0.2) is 60.6 Å². The summed E-state index contributed by atoms with van der Waals surface area (Å²) in [7, 11) is 0. The largest absolute Gasteiger partial charge is 0.512 e. The van der Waals surface area contributed by atoms with Gasteiger partial charge in [0, 0.05) is 35.6 Å². The Hall–Kier alpha value is -2.81. The molecule has 0 aliphatic heterocycles. The summed E-state index contributed by atoms with van der Waals surface area (Å²) in [5, 5.41) is 10.3. The fourth-order valence-corrected chi connectivity index (χ4v) is 5.53. The van der Waals surface area contributed by atoms with E-state index in [4.69, 9.17) is 4.98 Å². The molecule has 0 spiro atoms. The fraction of sp³-hybridized carbons (Fsp3) is 0.452. The summed E-state index contributed by atoms with van der Waals surface area (Å²) in [5.41, 5.74) is 8.81. The number of aliphatic hydroxyl groups is 1. The van der Waals surface area contributed by atoms with E-state index in [0.717, 1.165) is 34.3 Å². The quantitative estimate of drug-likeness (QED) is 0.307. The molecule has 1 aliphatic carbocycles. The van der Waals surface area contributed by atoms with Gasteiger partial charge in [0.1, 0.15) is 0 Å². The minimum absolute atomic E-state index is 0.128. The zero-order valence-corrected chi connectivity index (χ0v) is 21.8. The maximum Gasteiger partial charge on any atom is 0.0972 e. The van der Waals surface area contributed by atoms with E-state index >= 15 is 0 Å². The van der Waals surface area contributed by atoms with Crippen molar-refractivity contribution in [1.29, 1.82) is 0 Å². The van der Waals surface area contributed by atoms with Crippen molar-refractivity contribution in [2.45, 2.75) is 85.6 Å². The lowest BCUT2D eigenvalue weighted by atomic mass is 9.75. The van der Waals surface area contributed by atoms with Crippen molar-refractivity contribution in [2.75, 3.05) is 0 Å². The molecule has 1 fully saturated rings. The maximum atomic E-state index is 10.3. The van der Waals surface area contributed by atoms with Gasteiger partial charge in [0.2, 0.25) is 0 Å². The molecule has 34 heavy (non-hydrogen) atoms. The third kappa shape index (κ3) is 4.85. The molecule has 0 atom stereocenters. The van der Waals surface area contributed by atoms with E-state index in [9.17, 15) is 5.11 Å². The number of nitrogens with zero attached hydrogens (tertiary/aromatic N) is 2. The van der Waals surface area contributed by atoms with Gasteiger partial charge in [-0.2, -0.15) is 0 Å². The Bertz CT molecular complexity index is 1220. The minimum Gasteiger partial charge on any atom is -0.512 e. The molecule has 1 saturated carbocycles. The summed E-state index contributed by atoms with van der Waals surface area (Å²) >= 11 is 0. The van der Waals surface area contributed by atoms with Gasteiger partial charge in [-0.3, -0.25) is 4.98 Å². The molecule has 180 valence electrons. The topological polar surface area (TPSA) is 38.1 Å². The van der Waals surface area contributed by atoms with E-state index in [1.54, 1.807) is 6.92 Å². The molecule has 0 saturated heterocycles. The van der Waals surface area contributed by atoms with Crippen molar-refractivity contribution in [3.63, 3.8) is 0 Å². The third-order valence-corrected chi connectivity index (χ3v) is 7.47. The molecule has 3 nitrogen and oxygen atoms in total. The van der Waals surface area contributed by atoms with Crippen molar-refractivity contribution in [3.8, 4) is 11.1 Å². The number of rotatable bonds is 5. The lowest BCUT2D eigenvalue weighted by molar-refractivity contribution is 0.185. The Morgan fingerprint density at radius 2 is 1.74 bits per heavy atom. The molecular formula is C31H40N2O. The third-order valence-electron chi connectivity index (χ3n) is 7.47. The van der Waals surface area contributed by atoms with E-state index in [0.29, 0.717) is 5.41 Å². The standard InChI is InChI=1S/C31H40N2O/c1-21(2)28(22(3)34)24-17-27-29(32-18-24)26(23-11-13-25(14-12-23)30(4,5)6)19-33(27)20-31(7)15-9-8-10-16-31/h11-14,17-19,34H,1,8-10,15-16,20H2,2-7H3/b28-22+. The van der Waals surface area contributed by atoms with E-state index in [1.165, 1.54) is 48.8 Å². The molecule has 1 aliphatic rings. The van der Waals surface area contributed by atoms with E-state index in [-0.39, 0.29) is 11.2 Å². The van der Waals surface area contributed by atoms with Crippen LogP contribution in [-0.4, -0.2) is 14.7 Å². The number of hydrogen-bond acceptors (Lipinski definition) is 2. The average molecular weight is 457 g/mol. The highest BCUT2D eigenvalue weighted by atomic mass is 16.3. The van der Waals surface area contributed by atoms with Crippen LogP contribution >= 0.6 is 0 Å². The van der Waals surface area contributed by atoms with Crippen LogP contribution in [0.2, 0.25) is 0 Å². The van der Waals surface area contributed by atoms with Crippen LogP contribution in [0, 0.1) is 5.41 Å². The minimum atomic E-state index is 0.128. The first-order chi connectivity index (χ1) is 16.0. The van der Waals surface area contributed by atoms with Gasteiger partial charge in [0.05, 0.1) is 16.8 Å². The smallest absolute Gasteiger partial charge is 0.0972 e. The Labute approximate surface area is 205 Å². The van der Waals surface area contributed by atoms with Crippen molar-refractivity contribution in [2.24, 2.45) is 5.41 Å². The van der Waals surface area contributed by atoms with Crippen LogP contribution in [0.3, 0.4) is 0 Å². The number of benzene rings is 1. The SMILES string of the molecule is C=C(C)/C(=C(/C)O)c1cnc2c(-c3ccc(C(C)(C)C)cc3)cn(CC3(C)CCCCC3)c2c1. The van der Waals surface area contributed by atoms with Gasteiger partial charge in [-0.25, -0.2) is 0 Å². The highest BCUT2D eigenvalue weighted by molar-refractivity contribution is 5.95. The van der Waals surface area contributed by atoms with Crippen molar-refractivity contribution >= 4 is 16.6 Å². The first-order valence-corrected chi connectivity index (χ1v) is 12.6. The van der Waals surface area contributed by atoms with Gasteiger partial charge in [-0.15, -0.1) is 0 Å². The van der Waals surface area contributed by atoms with Crippen molar-refractivity contribution < 1.29 is 5.11 Å². The van der Waals surface area contributed by atoms with Crippen LogP contribution in [0.25, 0.3) is 27.7 Å². The van der Waals surface area contributed by atoms with Gasteiger partial charge < -0.3 is 9.67 Å². The molecular weight excluding hydrogens is 416 g/mol. The molecule has 3 heteroatoms. The van der Waals surface area contributed by atoms with E-state index in [2.05, 4.69) is 75.4 Å². The zero-order valence-electron chi connectivity index (χ0n) is 21.8. The molecule has 2 heterocycles. The van der Waals surface area contributed by atoms with Gasteiger partial charge >= 0.3 is 0 Å². The predicted molar refractivity (Wildman–Crippen MR) is 145 cm³/mol. The van der Waals surface area contributed by atoms with E-state index in [1.807, 2.05) is 13.1 Å². The second kappa shape index (κ2) is 9.09. The summed E-state index contributed by atoms with van der Waals surface area (Å²) in [4.78, 5) is 4.94. The maximum absolute atomic E-state index is 10.3. The average Bonchev–Trinajstić information content (AvgIpc) is 3.10. The molecule has 2 aromatic heterocycles. The zero-order chi connectivity index (χ0) is 24.7. The Morgan fingerprint density at radius 3 is 2.29 bits per heavy atom. The van der Waals surface area contributed by atoms with Gasteiger partial charge in [0.25, 0.3) is 0 Å². The lowest BCUT2D eigenvalue weighted by Crippen LogP contribution is -2.25. The first kappa shape index (κ1) is 24.3. The summed E-state index contributed by atoms with van der Waals surface area (Å²) in [6, 6.07) is 11.1. The van der Waals surface area contributed by atoms with Crippen molar-refractivity contribution in [3.05, 3.63) is 71.8 Å². The summed E-state index contributed by atoms with van der Waals surface area (Å²) < 4.78 is 2.41. The van der Waals surface area contributed by atoms with Crippen LogP contribution in [0.5, 0.6) is 0 Å². The molecule has 0 unspecified atom stereocenters. The Balaban J connectivity index is 1.86. The summed E-state index contributed by atoms with van der Waals surface area (Å²) in [5.74, 6) is 0.281. The normalized spacial score (nSPS) is 17.0. The number of aromatic nitrogens is 2. The molecule has 1 N–H and O–H groups in total. The highest BCUT2D eigenvalue weighted by Gasteiger charge is 2.28. The van der Waals surface area contributed by atoms with E-state index < -0.39 is 0 Å². The van der Waals surface area contributed by atoms with Gasteiger partial charge in [-0.1, -0.05) is 77.8 Å². The molecule has 0 radical (unpaired) electrons.